The molecule has 0 atom stereocenters. The lowest BCUT2D eigenvalue weighted by Gasteiger charge is -1.85. The second-order valence-corrected chi connectivity index (χ2v) is 1.95. The van der Waals surface area contributed by atoms with Crippen LogP contribution in [0.5, 0.6) is 0 Å². The summed E-state index contributed by atoms with van der Waals surface area (Å²) in [5.74, 6) is 0. The van der Waals surface area contributed by atoms with E-state index in [1.807, 2.05) is 19.9 Å². The van der Waals surface area contributed by atoms with Crippen molar-refractivity contribution < 1.29 is 0 Å². The molecule has 0 amide bonds. The van der Waals surface area contributed by atoms with Crippen LogP contribution in [0.25, 0.3) is 0 Å². The molecule has 0 rings (SSSR count). The highest BCUT2D eigenvalue weighted by atomic mass is 13.8. The molecule has 0 fully saturated rings. The van der Waals surface area contributed by atoms with Crippen LogP contribution in [-0.2, 0) is 0 Å². The molecule has 0 aliphatic rings. The van der Waals surface area contributed by atoms with Crippen LogP contribution >= 0.6 is 0 Å². The zero-order valence-electron chi connectivity index (χ0n) is 8.22. The first-order chi connectivity index (χ1) is 5.31. The van der Waals surface area contributed by atoms with E-state index in [-0.39, 0.29) is 0 Å². The van der Waals surface area contributed by atoms with Crippen LogP contribution in [0.15, 0.2) is 36.5 Å². The molecule has 0 aromatic heterocycles. The van der Waals surface area contributed by atoms with E-state index >= 15 is 0 Å². The molecule has 0 aromatic rings. The first kappa shape index (κ1) is 12.9. The van der Waals surface area contributed by atoms with E-state index in [1.165, 1.54) is 5.57 Å². The number of rotatable bonds is 3. The van der Waals surface area contributed by atoms with Gasteiger partial charge in [-0.15, -0.1) is 0 Å². The van der Waals surface area contributed by atoms with Gasteiger partial charge in [-0.05, 0) is 13.3 Å². The Hall–Kier alpha value is -0.780. The normalized spacial score (nSPS) is 10.7. The molecule has 0 nitrogen and oxygen atoms in total. The minimum Gasteiger partial charge on any atom is -0.0991 e. The van der Waals surface area contributed by atoms with Crippen LogP contribution < -0.4 is 0 Å². The van der Waals surface area contributed by atoms with Gasteiger partial charge in [0.15, 0.2) is 0 Å². The Morgan fingerprint density at radius 1 is 1.36 bits per heavy atom. The molecule has 0 aromatic carbocycles. The van der Waals surface area contributed by atoms with E-state index < -0.39 is 0 Å². The lowest BCUT2D eigenvalue weighted by molar-refractivity contribution is 1.20. The van der Waals surface area contributed by atoms with E-state index in [2.05, 4.69) is 32.6 Å². The van der Waals surface area contributed by atoms with Gasteiger partial charge in [0.2, 0.25) is 0 Å². The summed E-state index contributed by atoms with van der Waals surface area (Å²) in [6, 6.07) is 0. The van der Waals surface area contributed by atoms with Crippen LogP contribution in [0.3, 0.4) is 0 Å². The molecular formula is C11H20. The standard InChI is InChI=1S/C9H14.C2H6/c1-4-6-8-9(3)7-5-2;1-2/h4,6-8H,1,5H2,2-3H3;1-2H3/b8-6-,9-7-;. The van der Waals surface area contributed by atoms with Gasteiger partial charge in [-0.2, -0.15) is 0 Å². The molecule has 0 spiro atoms. The van der Waals surface area contributed by atoms with Crippen molar-refractivity contribution in [3.63, 3.8) is 0 Å². The maximum atomic E-state index is 3.58. The van der Waals surface area contributed by atoms with Crippen molar-refractivity contribution in [1.82, 2.24) is 0 Å². The van der Waals surface area contributed by atoms with Crippen molar-refractivity contribution in [3.05, 3.63) is 36.5 Å². The van der Waals surface area contributed by atoms with Gasteiger partial charge in [0.05, 0.1) is 0 Å². The van der Waals surface area contributed by atoms with Crippen LogP contribution in [-0.4, -0.2) is 0 Å². The van der Waals surface area contributed by atoms with Gasteiger partial charge in [0.25, 0.3) is 0 Å². The minimum absolute atomic E-state index is 1.10. The average molecular weight is 152 g/mol. The highest BCUT2D eigenvalue weighted by Gasteiger charge is 1.74. The summed E-state index contributed by atoms with van der Waals surface area (Å²) in [6.45, 7) is 11.8. The largest absolute Gasteiger partial charge is 0.0991 e. The molecule has 11 heavy (non-hydrogen) atoms. The predicted molar refractivity (Wildman–Crippen MR) is 54.7 cm³/mol. The molecule has 0 saturated carbocycles. The fourth-order valence-electron chi connectivity index (χ4n) is 0.610. The van der Waals surface area contributed by atoms with Gasteiger partial charge in [-0.3, -0.25) is 0 Å². The molecule has 0 radical (unpaired) electrons. The Kier molecular flexibility index (Phi) is 14.0. The predicted octanol–water partition coefficient (Wildman–Crippen LogP) is 4.11. The molecular weight excluding hydrogens is 132 g/mol. The average Bonchev–Trinajstić information content (AvgIpc) is 2.05. The maximum Gasteiger partial charge on any atom is -0.0374 e. The van der Waals surface area contributed by atoms with Crippen LogP contribution in [0.1, 0.15) is 34.1 Å². The summed E-state index contributed by atoms with van der Waals surface area (Å²) in [5, 5.41) is 0. The third-order valence-corrected chi connectivity index (χ3v) is 1.02. The van der Waals surface area contributed by atoms with E-state index in [4.69, 9.17) is 0 Å². The molecule has 0 heteroatoms. The second-order valence-electron chi connectivity index (χ2n) is 1.95. The first-order valence-corrected chi connectivity index (χ1v) is 4.27. The molecule has 64 valence electrons. The van der Waals surface area contributed by atoms with Crippen molar-refractivity contribution in [1.29, 1.82) is 0 Å². The zero-order valence-corrected chi connectivity index (χ0v) is 8.22. The molecule has 0 saturated heterocycles. The summed E-state index contributed by atoms with van der Waals surface area (Å²) in [4.78, 5) is 0. The molecule has 0 N–H and O–H groups in total. The number of allylic oxidation sites excluding steroid dienone is 5. The monoisotopic (exact) mass is 152 g/mol. The van der Waals surface area contributed by atoms with Gasteiger partial charge in [0.1, 0.15) is 0 Å². The Labute approximate surface area is 71.3 Å². The van der Waals surface area contributed by atoms with Crippen LogP contribution in [0.2, 0.25) is 0 Å². The number of hydrogen-bond acceptors (Lipinski definition) is 0. The summed E-state index contributed by atoms with van der Waals surface area (Å²) in [5.41, 5.74) is 1.30. The maximum absolute atomic E-state index is 3.58. The van der Waals surface area contributed by atoms with Crippen molar-refractivity contribution in [3.8, 4) is 0 Å². The van der Waals surface area contributed by atoms with Crippen molar-refractivity contribution >= 4 is 0 Å². The van der Waals surface area contributed by atoms with Gasteiger partial charge < -0.3 is 0 Å². The van der Waals surface area contributed by atoms with E-state index in [9.17, 15) is 0 Å². The minimum atomic E-state index is 1.10. The topological polar surface area (TPSA) is 0 Å². The lowest BCUT2D eigenvalue weighted by atomic mass is 10.2. The summed E-state index contributed by atoms with van der Waals surface area (Å²) >= 11 is 0. The SMILES string of the molecule is C=C/C=C\C(C)=C/CC.CC. The summed E-state index contributed by atoms with van der Waals surface area (Å²) in [6.07, 6.45) is 9.07. The fourth-order valence-corrected chi connectivity index (χ4v) is 0.610. The molecule has 0 heterocycles. The Balaban J connectivity index is 0. The Morgan fingerprint density at radius 3 is 2.27 bits per heavy atom. The smallest absolute Gasteiger partial charge is 0.0374 e. The summed E-state index contributed by atoms with van der Waals surface area (Å²) in [7, 11) is 0. The third-order valence-electron chi connectivity index (χ3n) is 1.02. The van der Waals surface area contributed by atoms with Crippen molar-refractivity contribution in [2.75, 3.05) is 0 Å². The first-order valence-electron chi connectivity index (χ1n) is 4.27. The molecule has 0 aliphatic carbocycles. The van der Waals surface area contributed by atoms with Crippen LogP contribution in [0.4, 0.5) is 0 Å². The van der Waals surface area contributed by atoms with E-state index in [1.54, 1.807) is 6.08 Å². The van der Waals surface area contributed by atoms with E-state index in [0.29, 0.717) is 0 Å². The fraction of sp³-hybridized carbons (Fsp3) is 0.455. The molecule has 0 aliphatic heterocycles. The summed E-state index contributed by atoms with van der Waals surface area (Å²) < 4.78 is 0. The number of hydrogen-bond donors (Lipinski definition) is 0. The van der Waals surface area contributed by atoms with E-state index in [0.717, 1.165) is 6.42 Å². The third kappa shape index (κ3) is 12.4. The van der Waals surface area contributed by atoms with Gasteiger partial charge >= 0.3 is 0 Å². The quantitative estimate of drug-likeness (QED) is 0.534. The van der Waals surface area contributed by atoms with Gasteiger partial charge in [0, 0.05) is 0 Å². The van der Waals surface area contributed by atoms with Gasteiger partial charge in [-0.1, -0.05) is 57.2 Å². The Bertz CT molecular complexity index is 127. The Morgan fingerprint density at radius 2 is 1.91 bits per heavy atom. The zero-order chi connectivity index (χ0) is 9.11. The highest BCUT2D eigenvalue weighted by Crippen LogP contribution is 1.95. The van der Waals surface area contributed by atoms with Crippen molar-refractivity contribution in [2.24, 2.45) is 0 Å². The van der Waals surface area contributed by atoms with Crippen LogP contribution in [0, 0.1) is 0 Å². The highest BCUT2D eigenvalue weighted by molar-refractivity contribution is 5.18. The lowest BCUT2D eigenvalue weighted by Crippen LogP contribution is -1.64. The molecule has 0 unspecified atom stereocenters. The molecule has 0 bridgehead atoms. The van der Waals surface area contributed by atoms with Crippen molar-refractivity contribution in [2.45, 2.75) is 34.1 Å². The van der Waals surface area contributed by atoms with Gasteiger partial charge in [-0.25, -0.2) is 0 Å². The second kappa shape index (κ2) is 12.0.